The lowest BCUT2D eigenvalue weighted by atomic mass is 10.3. The van der Waals surface area contributed by atoms with Gasteiger partial charge in [-0.15, -0.1) is 0 Å². The summed E-state index contributed by atoms with van der Waals surface area (Å²) in [7, 11) is 0. The molecule has 1 rings (SSSR count). The van der Waals surface area contributed by atoms with Crippen molar-refractivity contribution in [1.82, 2.24) is 9.36 Å². The van der Waals surface area contributed by atoms with E-state index >= 15 is 0 Å². The first-order valence-corrected chi connectivity index (χ1v) is 4.43. The number of aromatic nitrogens is 2. The molecule has 0 saturated heterocycles. The number of nitrogens with one attached hydrogen (secondary N) is 1. The zero-order valence-electron chi connectivity index (χ0n) is 6.50. The van der Waals surface area contributed by atoms with Crippen LogP contribution in [0.3, 0.4) is 0 Å². The largest absolute Gasteiger partial charge is 0.367 e. The predicted octanol–water partition coefficient (Wildman–Crippen LogP) is 1.33. The molecule has 0 atom stereocenters. The van der Waals surface area contributed by atoms with Crippen LogP contribution in [0.15, 0.2) is 0 Å². The summed E-state index contributed by atoms with van der Waals surface area (Å²) in [6, 6.07) is 0. The summed E-state index contributed by atoms with van der Waals surface area (Å²) < 4.78 is 3.84. The van der Waals surface area contributed by atoms with E-state index in [1.54, 1.807) is 0 Å². The van der Waals surface area contributed by atoms with Gasteiger partial charge in [0, 0.05) is 18.1 Å². The Morgan fingerprint density at radius 3 is 3.00 bits per heavy atom. The van der Waals surface area contributed by atoms with Crippen molar-refractivity contribution in [2.45, 2.75) is 19.8 Å². The van der Waals surface area contributed by atoms with Crippen molar-refractivity contribution in [1.29, 1.82) is 0 Å². The van der Waals surface area contributed by atoms with Gasteiger partial charge in [0.15, 0.2) is 0 Å². The van der Waals surface area contributed by atoms with E-state index in [1.165, 1.54) is 18.0 Å². The van der Waals surface area contributed by atoms with Gasteiger partial charge in [-0.1, -0.05) is 13.3 Å². The molecule has 0 unspecified atom stereocenters. The van der Waals surface area contributed by atoms with Gasteiger partial charge < -0.3 is 11.1 Å². The number of hydrogen-bond donors (Lipinski definition) is 2. The number of nitrogens with zero attached hydrogens (tertiary/aromatic N) is 2. The standard InChI is InChI=1S/C6H12N4S/c1-2-3-4-8-6-9-5(7)10-11-6/h2-4H2,1H3,(H3,7,8,9,10). The normalized spacial score (nSPS) is 9.91. The molecule has 0 aromatic carbocycles. The molecule has 0 aliphatic heterocycles. The molecule has 1 aromatic rings. The summed E-state index contributed by atoms with van der Waals surface area (Å²) in [4.78, 5) is 3.96. The fraction of sp³-hybridized carbons (Fsp3) is 0.667. The first-order chi connectivity index (χ1) is 5.33. The van der Waals surface area contributed by atoms with Crippen molar-refractivity contribution in [2.24, 2.45) is 0 Å². The second-order valence-corrected chi connectivity index (χ2v) is 2.99. The molecule has 3 N–H and O–H groups in total. The highest BCUT2D eigenvalue weighted by Crippen LogP contribution is 2.11. The van der Waals surface area contributed by atoms with Crippen molar-refractivity contribution in [3.8, 4) is 0 Å². The minimum Gasteiger partial charge on any atom is -0.367 e. The average Bonchev–Trinajstić information content (AvgIpc) is 2.37. The van der Waals surface area contributed by atoms with Crippen LogP contribution in [-0.4, -0.2) is 15.9 Å². The number of nitrogens with two attached hydrogens (primary N) is 1. The van der Waals surface area contributed by atoms with E-state index in [0.29, 0.717) is 5.95 Å². The van der Waals surface area contributed by atoms with Gasteiger partial charge in [0.1, 0.15) is 0 Å². The van der Waals surface area contributed by atoms with Crippen LogP contribution in [-0.2, 0) is 0 Å². The molecule has 5 heteroatoms. The van der Waals surface area contributed by atoms with Gasteiger partial charge in [0.25, 0.3) is 0 Å². The van der Waals surface area contributed by atoms with Gasteiger partial charge in [-0.05, 0) is 6.42 Å². The van der Waals surface area contributed by atoms with Crippen LogP contribution >= 0.6 is 11.5 Å². The first-order valence-electron chi connectivity index (χ1n) is 3.66. The van der Waals surface area contributed by atoms with Crippen LogP contribution in [0.1, 0.15) is 19.8 Å². The third-order valence-corrected chi connectivity index (χ3v) is 1.94. The maximum atomic E-state index is 5.33. The lowest BCUT2D eigenvalue weighted by Gasteiger charge is -1.97. The molecule has 0 spiro atoms. The Hall–Kier alpha value is -0.840. The Balaban J connectivity index is 2.27. The summed E-state index contributed by atoms with van der Waals surface area (Å²) in [5, 5.41) is 3.95. The summed E-state index contributed by atoms with van der Waals surface area (Å²) in [5.74, 6) is 0.356. The van der Waals surface area contributed by atoms with E-state index < -0.39 is 0 Å². The average molecular weight is 172 g/mol. The van der Waals surface area contributed by atoms with Crippen LogP contribution in [0.2, 0.25) is 0 Å². The molecule has 0 radical (unpaired) electrons. The lowest BCUT2D eigenvalue weighted by Crippen LogP contribution is -2.00. The topological polar surface area (TPSA) is 63.8 Å². The second kappa shape index (κ2) is 4.12. The van der Waals surface area contributed by atoms with Crippen LogP contribution in [0.4, 0.5) is 11.1 Å². The summed E-state index contributed by atoms with van der Waals surface area (Å²) >= 11 is 1.30. The van der Waals surface area contributed by atoms with Crippen LogP contribution in [0.5, 0.6) is 0 Å². The van der Waals surface area contributed by atoms with E-state index in [0.717, 1.165) is 18.1 Å². The van der Waals surface area contributed by atoms with Crippen LogP contribution in [0.25, 0.3) is 0 Å². The third-order valence-electron chi connectivity index (χ3n) is 1.25. The summed E-state index contributed by atoms with van der Waals surface area (Å²) in [6.07, 6.45) is 2.33. The predicted molar refractivity (Wildman–Crippen MR) is 47.7 cm³/mol. The molecular formula is C6H12N4S. The molecule has 0 fully saturated rings. The number of rotatable bonds is 4. The molecule has 11 heavy (non-hydrogen) atoms. The maximum Gasteiger partial charge on any atom is 0.233 e. The third kappa shape index (κ3) is 2.71. The zero-order chi connectivity index (χ0) is 8.10. The second-order valence-electron chi connectivity index (χ2n) is 2.24. The van der Waals surface area contributed by atoms with Gasteiger partial charge in [-0.25, -0.2) is 0 Å². The highest BCUT2D eigenvalue weighted by atomic mass is 32.1. The van der Waals surface area contributed by atoms with E-state index in [-0.39, 0.29) is 0 Å². The number of nitrogen functional groups attached to an aromatic ring is 1. The molecule has 0 bridgehead atoms. The number of anilines is 2. The lowest BCUT2D eigenvalue weighted by molar-refractivity contribution is 0.833. The molecule has 0 amide bonds. The minimum atomic E-state index is 0.356. The van der Waals surface area contributed by atoms with Gasteiger partial charge in [0.05, 0.1) is 0 Å². The van der Waals surface area contributed by atoms with E-state index in [1.807, 2.05) is 0 Å². The van der Waals surface area contributed by atoms with Crippen molar-refractivity contribution in [3.63, 3.8) is 0 Å². The fourth-order valence-corrected chi connectivity index (χ4v) is 1.20. The van der Waals surface area contributed by atoms with Crippen molar-refractivity contribution < 1.29 is 0 Å². The number of unbranched alkanes of at least 4 members (excludes halogenated alkanes) is 1. The summed E-state index contributed by atoms with van der Waals surface area (Å²) in [6.45, 7) is 3.10. The van der Waals surface area contributed by atoms with E-state index in [2.05, 4.69) is 21.6 Å². The summed E-state index contributed by atoms with van der Waals surface area (Å²) in [5.41, 5.74) is 5.33. The smallest absolute Gasteiger partial charge is 0.233 e. The Morgan fingerprint density at radius 2 is 2.45 bits per heavy atom. The molecule has 0 saturated carbocycles. The molecule has 1 heterocycles. The maximum absolute atomic E-state index is 5.33. The Bertz CT molecular complexity index is 210. The Labute approximate surface area is 70.0 Å². The molecule has 0 aliphatic rings. The number of hydrogen-bond acceptors (Lipinski definition) is 5. The zero-order valence-corrected chi connectivity index (χ0v) is 7.32. The van der Waals surface area contributed by atoms with Gasteiger partial charge >= 0.3 is 0 Å². The SMILES string of the molecule is CCCCNc1nc(N)ns1. The van der Waals surface area contributed by atoms with Crippen LogP contribution in [0, 0.1) is 0 Å². The van der Waals surface area contributed by atoms with Crippen molar-refractivity contribution >= 4 is 22.6 Å². The van der Waals surface area contributed by atoms with Crippen molar-refractivity contribution in [2.75, 3.05) is 17.6 Å². The van der Waals surface area contributed by atoms with Gasteiger partial charge in [0.2, 0.25) is 11.1 Å². The quantitative estimate of drug-likeness (QED) is 0.672. The highest BCUT2D eigenvalue weighted by Gasteiger charge is 1.96. The Kier molecular flexibility index (Phi) is 3.10. The molecule has 1 aromatic heterocycles. The Morgan fingerprint density at radius 1 is 1.64 bits per heavy atom. The molecule has 4 nitrogen and oxygen atoms in total. The highest BCUT2D eigenvalue weighted by molar-refractivity contribution is 7.09. The minimum absolute atomic E-state index is 0.356. The van der Waals surface area contributed by atoms with Crippen LogP contribution < -0.4 is 11.1 Å². The molecular weight excluding hydrogens is 160 g/mol. The molecule has 62 valence electrons. The molecule has 0 aliphatic carbocycles. The van der Waals surface area contributed by atoms with Gasteiger partial charge in [-0.3, -0.25) is 0 Å². The monoisotopic (exact) mass is 172 g/mol. The first kappa shape index (κ1) is 8.26. The van der Waals surface area contributed by atoms with Gasteiger partial charge in [-0.2, -0.15) is 9.36 Å². The van der Waals surface area contributed by atoms with E-state index in [9.17, 15) is 0 Å². The van der Waals surface area contributed by atoms with E-state index in [4.69, 9.17) is 5.73 Å². The van der Waals surface area contributed by atoms with Crippen molar-refractivity contribution in [3.05, 3.63) is 0 Å². The fourth-order valence-electron chi connectivity index (χ4n) is 0.679.